The average Bonchev–Trinajstić information content (AvgIpc) is 3.07. The third-order valence-electron chi connectivity index (χ3n) is 5.64. The van der Waals surface area contributed by atoms with Gasteiger partial charge in [-0.1, -0.05) is 30.3 Å². The van der Waals surface area contributed by atoms with E-state index in [1.54, 1.807) is 0 Å². The fourth-order valence-corrected chi connectivity index (χ4v) is 3.94. The van der Waals surface area contributed by atoms with Crippen molar-refractivity contribution in [1.29, 1.82) is 0 Å². The Balaban J connectivity index is 1.48. The molecule has 0 saturated carbocycles. The first-order valence-electron chi connectivity index (χ1n) is 10.7. The number of hydrogen-bond acceptors (Lipinski definition) is 5. The minimum Gasteiger partial charge on any atom is -0.378 e. The maximum atomic E-state index is 13.3. The van der Waals surface area contributed by atoms with Crippen LogP contribution < -0.4 is 15.5 Å². The number of morpholine rings is 1. The molecule has 0 bridgehead atoms. The Labute approximate surface area is 193 Å². The number of amides is 4. The standard InChI is InChI=1S/C23H23F3N4O4/c24-23(25,26)16-6-7-19(29-8-10-34-11-9-29)17(13-16)27-20(31)14-30-21(32)18(28-22(30)33)12-15-4-2-1-3-5-15/h1-7,13,18H,8-12,14H2,(H,27,31)(H,28,33)/t18-/m1/s1. The molecule has 2 aliphatic heterocycles. The maximum absolute atomic E-state index is 13.3. The number of imide groups is 1. The second-order valence-corrected chi connectivity index (χ2v) is 7.99. The SMILES string of the molecule is O=C(CN1C(=O)N[C@H](Cc2ccccc2)C1=O)Nc1cc(C(F)(F)F)ccc1N1CCOCC1. The third-order valence-corrected chi connectivity index (χ3v) is 5.64. The highest BCUT2D eigenvalue weighted by Crippen LogP contribution is 2.35. The number of benzene rings is 2. The molecule has 2 aromatic carbocycles. The highest BCUT2D eigenvalue weighted by molar-refractivity contribution is 6.08. The summed E-state index contributed by atoms with van der Waals surface area (Å²) in [6.07, 6.45) is -4.34. The number of urea groups is 1. The predicted molar refractivity (Wildman–Crippen MR) is 117 cm³/mol. The summed E-state index contributed by atoms with van der Waals surface area (Å²) in [6, 6.07) is 10.6. The van der Waals surface area contributed by atoms with Crippen LogP contribution in [0.25, 0.3) is 0 Å². The number of rotatable bonds is 6. The summed E-state index contributed by atoms with van der Waals surface area (Å²) in [5.41, 5.74) is 0.280. The van der Waals surface area contributed by atoms with Gasteiger partial charge in [0, 0.05) is 19.5 Å². The Hall–Kier alpha value is -3.60. The van der Waals surface area contributed by atoms with Crippen LogP contribution >= 0.6 is 0 Å². The van der Waals surface area contributed by atoms with Crippen LogP contribution in [-0.2, 0) is 26.9 Å². The highest BCUT2D eigenvalue weighted by atomic mass is 19.4. The minimum atomic E-state index is -4.60. The van der Waals surface area contributed by atoms with Crippen LogP contribution in [0.3, 0.4) is 0 Å². The average molecular weight is 476 g/mol. The van der Waals surface area contributed by atoms with Gasteiger partial charge in [-0.15, -0.1) is 0 Å². The smallest absolute Gasteiger partial charge is 0.378 e. The van der Waals surface area contributed by atoms with E-state index in [1.165, 1.54) is 6.07 Å². The van der Waals surface area contributed by atoms with Gasteiger partial charge in [-0.25, -0.2) is 4.79 Å². The minimum absolute atomic E-state index is 0.0467. The van der Waals surface area contributed by atoms with Crippen molar-refractivity contribution in [2.24, 2.45) is 0 Å². The zero-order valence-electron chi connectivity index (χ0n) is 18.1. The summed E-state index contributed by atoms with van der Waals surface area (Å²) in [5.74, 6) is -1.35. The van der Waals surface area contributed by atoms with E-state index in [2.05, 4.69) is 10.6 Å². The van der Waals surface area contributed by atoms with E-state index in [4.69, 9.17) is 4.74 Å². The third kappa shape index (κ3) is 5.30. The zero-order valence-corrected chi connectivity index (χ0v) is 18.1. The number of nitrogens with one attached hydrogen (secondary N) is 2. The van der Waals surface area contributed by atoms with Crippen molar-refractivity contribution in [3.8, 4) is 0 Å². The molecule has 8 nitrogen and oxygen atoms in total. The predicted octanol–water partition coefficient (Wildman–Crippen LogP) is 2.64. The molecule has 0 spiro atoms. The number of alkyl halides is 3. The molecule has 0 unspecified atom stereocenters. The molecule has 4 rings (SSSR count). The zero-order chi connectivity index (χ0) is 24.3. The molecule has 2 saturated heterocycles. The summed E-state index contributed by atoms with van der Waals surface area (Å²) in [6.45, 7) is 1.08. The van der Waals surface area contributed by atoms with E-state index < -0.39 is 42.2 Å². The van der Waals surface area contributed by atoms with Gasteiger partial charge in [0.1, 0.15) is 12.6 Å². The Morgan fingerprint density at radius 1 is 1.09 bits per heavy atom. The monoisotopic (exact) mass is 476 g/mol. The van der Waals surface area contributed by atoms with Gasteiger partial charge < -0.3 is 20.3 Å². The molecular formula is C23H23F3N4O4. The maximum Gasteiger partial charge on any atom is 0.416 e. The second-order valence-electron chi connectivity index (χ2n) is 7.99. The molecule has 0 radical (unpaired) electrons. The van der Waals surface area contributed by atoms with Crippen molar-refractivity contribution < 1.29 is 32.3 Å². The first kappa shape index (κ1) is 23.6. The number of anilines is 2. The first-order chi connectivity index (χ1) is 16.2. The van der Waals surface area contributed by atoms with Crippen LogP contribution in [0.5, 0.6) is 0 Å². The molecule has 0 aromatic heterocycles. The van der Waals surface area contributed by atoms with E-state index in [-0.39, 0.29) is 12.1 Å². The summed E-state index contributed by atoms with van der Waals surface area (Å²) in [5, 5.41) is 5.01. The van der Waals surface area contributed by atoms with Gasteiger partial charge in [-0.3, -0.25) is 14.5 Å². The molecule has 180 valence electrons. The molecule has 1 atom stereocenters. The van der Waals surface area contributed by atoms with Gasteiger partial charge in [-0.2, -0.15) is 13.2 Å². The lowest BCUT2D eigenvalue weighted by atomic mass is 10.1. The Morgan fingerprint density at radius 3 is 2.47 bits per heavy atom. The van der Waals surface area contributed by atoms with E-state index in [9.17, 15) is 27.6 Å². The Morgan fingerprint density at radius 2 is 1.79 bits per heavy atom. The van der Waals surface area contributed by atoms with Crippen molar-refractivity contribution in [2.45, 2.75) is 18.6 Å². The highest BCUT2D eigenvalue weighted by Gasteiger charge is 2.39. The van der Waals surface area contributed by atoms with Crippen molar-refractivity contribution >= 4 is 29.2 Å². The van der Waals surface area contributed by atoms with Gasteiger partial charge in [0.05, 0.1) is 30.2 Å². The lowest BCUT2D eigenvalue weighted by Gasteiger charge is -2.31. The van der Waals surface area contributed by atoms with Crippen molar-refractivity contribution in [1.82, 2.24) is 10.2 Å². The lowest BCUT2D eigenvalue weighted by molar-refractivity contribution is -0.137. The molecule has 4 amide bonds. The molecule has 2 heterocycles. The van der Waals surface area contributed by atoms with Crippen molar-refractivity contribution in [2.75, 3.05) is 43.1 Å². The fourth-order valence-electron chi connectivity index (χ4n) is 3.94. The summed E-state index contributed by atoms with van der Waals surface area (Å²) in [7, 11) is 0. The Bertz CT molecular complexity index is 1070. The Kier molecular flexibility index (Phi) is 6.73. The fraction of sp³-hybridized carbons (Fsp3) is 0.348. The molecule has 34 heavy (non-hydrogen) atoms. The van der Waals surface area contributed by atoms with Crippen LogP contribution in [0, 0.1) is 0 Å². The van der Waals surface area contributed by atoms with Crippen LogP contribution in [0.15, 0.2) is 48.5 Å². The summed E-state index contributed by atoms with van der Waals surface area (Å²) >= 11 is 0. The number of carbonyl (C=O) groups is 3. The number of ether oxygens (including phenoxy) is 1. The van der Waals surface area contributed by atoms with Crippen LogP contribution in [0.2, 0.25) is 0 Å². The number of carbonyl (C=O) groups excluding carboxylic acids is 3. The van der Waals surface area contributed by atoms with Crippen LogP contribution in [-0.4, -0.2) is 61.6 Å². The van der Waals surface area contributed by atoms with Gasteiger partial charge in [0.2, 0.25) is 5.91 Å². The number of hydrogen-bond donors (Lipinski definition) is 2. The molecule has 0 aliphatic carbocycles. The number of nitrogens with zero attached hydrogens (tertiary/aromatic N) is 2. The van der Waals surface area contributed by atoms with Crippen molar-refractivity contribution in [3.63, 3.8) is 0 Å². The van der Waals surface area contributed by atoms with Crippen LogP contribution in [0.4, 0.5) is 29.3 Å². The first-order valence-corrected chi connectivity index (χ1v) is 10.7. The molecule has 11 heteroatoms. The summed E-state index contributed by atoms with van der Waals surface area (Å²) < 4.78 is 45.1. The molecule has 2 N–H and O–H groups in total. The van der Waals surface area contributed by atoms with E-state index in [1.807, 2.05) is 35.2 Å². The van der Waals surface area contributed by atoms with Gasteiger partial charge in [-0.05, 0) is 23.8 Å². The topological polar surface area (TPSA) is 91.0 Å². The van der Waals surface area contributed by atoms with Crippen LogP contribution in [0.1, 0.15) is 11.1 Å². The molecule has 2 aliphatic rings. The number of halogens is 3. The van der Waals surface area contributed by atoms with E-state index >= 15 is 0 Å². The van der Waals surface area contributed by atoms with Gasteiger partial charge in [0.25, 0.3) is 5.91 Å². The van der Waals surface area contributed by atoms with Gasteiger partial charge in [0.15, 0.2) is 0 Å². The van der Waals surface area contributed by atoms with E-state index in [0.717, 1.165) is 22.6 Å². The van der Waals surface area contributed by atoms with Gasteiger partial charge >= 0.3 is 12.2 Å². The second kappa shape index (κ2) is 9.72. The molecule has 2 fully saturated rings. The quantitative estimate of drug-likeness (QED) is 0.626. The normalized spacial score (nSPS) is 18.7. The van der Waals surface area contributed by atoms with E-state index in [0.29, 0.717) is 32.0 Å². The van der Waals surface area contributed by atoms with Crippen molar-refractivity contribution in [3.05, 3.63) is 59.7 Å². The molecule has 2 aromatic rings. The summed E-state index contributed by atoms with van der Waals surface area (Å²) in [4.78, 5) is 40.3. The largest absolute Gasteiger partial charge is 0.416 e. The lowest BCUT2D eigenvalue weighted by Crippen LogP contribution is -2.39. The molecular weight excluding hydrogens is 453 g/mol.